The van der Waals surface area contributed by atoms with E-state index in [-0.39, 0.29) is 11.5 Å². The van der Waals surface area contributed by atoms with E-state index in [1.165, 1.54) is 0 Å². The highest BCUT2D eigenvalue weighted by Gasteiger charge is 2.16. The van der Waals surface area contributed by atoms with Crippen molar-refractivity contribution in [2.75, 3.05) is 5.73 Å². The molecule has 0 aliphatic carbocycles. The van der Waals surface area contributed by atoms with Gasteiger partial charge in [-0.1, -0.05) is 30.3 Å². The number of nitrogens with one attached hydrogen (secondary N) is 1. The van der Waals surface area contributed by atoms with Crippen LogP contribution in [-0.2, 0) is 6.54 Å². The Morgan fingerprint density at radius 3 is 2.53 bits per heavy atom. The van der Waals surface area contributed by atoms with Crippen LogP contribution in [0.3, 0.4) is 0 Å². The van der Waals surface area contributed by atoms with E-state index < -0.39 is 11.9 Å². The molecule has 0 bridgehead atoms. The van der Waals surface area contributed by atoms with Crippen LogP contribution in [0.2, 0.25) is 0 Å². The number of benzene rings is 1. The lowest BCUT2D eigenvalue weighted by Crippen LogP contribution is -2.28. The van der Waals surface area contributed by atoms with E-state index >= 15 is 0 Å². The lowest BCUT2D eigenvalue weighted by Gasteiger charge is -2.06. The number of hydrogen-bond donors (Lipinski definition) is 3. The van der Waals surface area contributed by atoms with Crippen molar-refractivity contribution in [1.82, 2.24) is 14.9 Å². The molecule has 0 aliphatic rings. The second-order valence-corrected chi connectivity index (χ2v) is 3.86. The van der Waals surface area contributed by atoms with Gasteiger partial charge in [-0.2, -0.15) is 0 Å². The van der Waals surface area contributed by atoms with E-state index in [0.29, 0.717) is 6.54 Å². The molecule has 0 unspecified atom stereocenters. The SMILES string of the molecule is NC(=O)c1ncn(C(=O)NCc2ccccc2)c1N. The van der Waals surface area contributed by atoms with E-state index in [0.717, 1.165) is 16.5 Å². The second kappa shape index (κ2) is 5.21. The van der Waals surface area contributed by atoms with Gasteiger partial charge in [0.05, 0.1) is 0 Å². The molecule has 1 aromatic carbocycles. The molecule has 0 saturated carbocycles. The zero-order valence-corrected chi connectivity index (χ0v) is 10.0. The molecule has 2 aromatic rings. The molecule has 0 radical (unpaired) electrons. The summed E-state index contributed by atoms with van der Waals surface area (Å²) in [5, 5.41) is 2.66. The number of hydrogen-bond acceptors (Lipinski definition) is 4. The Morgan fingerprint density at radius 2 is 1.95 bits per heavy atom. The molecule has 7 heteroatoms. The Hall–Kier alpha value is -2.83. The van der Waals surface area contributed by atoms with Crippen molar-refractivity contribution < 1.29 is 9.59 Å². The van der Waals surface area contributed by atoms with Gasteiger partial charge in [0.15, 0.2) is 5.69 Å². The maximum atomic E-state index is 11.9. The van der Waals surface area contributed by atoms with E-state index in [1.54, 1.807) is 0 Å². The maximum Gasteiger partial charge on any atom is 0.328 e. The second-order valence-electron chi connectivity index (χ2n) is 3.86. The third kappa shape index (κ3) is 2.71. The number of nitrogen functional groups attached to an aromatic ring is 1. The first kappa shape index (κ1) is 12.6. The van der Waals surface area contributed by atoms with Crippen molar-refractivity contribution in [2.24, 2.45) is 5.73 Å². The highest BCUT2D eigenvalue weighted by Crippen LogP contribution is 2.08. The van der Waals surface area contributed by atoms with Gasteiger partial charge in [-0.15, -0.1) is 0 Å². The van der Waals surface area contributed by atoms with Gasteiger partial charge in [-0.3, -0.25) is 4.79 Å². The minimum Gasteiger partial charge on any atom is -0.383 e. The van der Waals surface area contributed by atoms with Crippen molar-refractivity contribution in [3.63, 3.8) is 0 Å². The number of nitrogens with two attached hydrogens (primary N) is 2. The summed E-state index contributed by atoms with van der Waals surface area (Å²) in [6.45, 7) is 0.350. The summed E-state index contributed by atoms with van der Waals surface area (Å²) >= 11 is 0. The summed E-state index contributed by atoms with van der Waals surface area (Å²) in [4.78, 5) is 26.5. The summed E-state index contributed by atoms with van der Waals surface area (Å²) in [5.74, 6) is -0.842. The van der Waals surface area contributed by atoms with Gasteiger partial charge in [0.25, 0.3) is 5.91 Å². The fourth-order valence-corrected chi connectivity index (χ4v) is 1.57. The third-order valence-corrected chi connectivity index (χ3v) is 2.54. The lowest BCUT2D eigenvalue weighted by atomic mass is 10.2. The molecule has 0 atom stereocenters. The Balaban J connectivity index is 2.07. The number of rotatable bonds is 3. The molecular weight excluding hydrogens is 246 g/mol. The van der Waals surface area contributed by atoms with Crippen LogP contribution >= 0.6 is 0 Å². The van der Waals surface area contributed by atoms with Crippen LogP contribution in [-0.4, -0.2) is 21.5 Å². The largest absolute Gasteiger partial charge is 0.383 e. The number of aromatic nitrogens is 2. The lowest BCUT2D eigenvalue weighted by molar-refractivity contribution is 0.0997. The number of imidazole rings is 1. The minimum absolute atomic E-state index is 0.0712. The Kier molecular flexibility index (Phi) is 3.46. The Labute approximate surface area is 109 Å². The topological polar surface area (TPSA) is 116 Å². The molecule has 0 fully saturated rings. The summed E-state index contributed by atoms with van der Waals surface area (Å²) in [6.07, 6.45) is 1.16. The summed E-state index contributed by atoms with van der Waals surface area (Å²) in [7, 11) is 0. The number of nitrogens with zero attached hydrogens (tertiary/aromatic N) is 2. The number of amides is 2. The van der Waals surface area contributed by atoms with Crippen molar-refractivity contribution in [1.29, 1.82) is 0 Å². The van der Waals surface area contributed by atoms with E-state index in [4.69, 9.17) is 11.5 Å². The van der Waals surface area contributed by atoms with Crippen LogP contribution in [0, 0.1) is 0 Å². The molecule has 0 spiro atoms. The predicted octanol–water partition coefficient (Wildman–Crippen LogP) is 0.322. The molecule has 19 heavy (non-hydrogen) atoms. The average Bonchev–Trinajstić information content (AvgIpc) is 2.79. The first-order chi connectivity index (χ1) is 9.09. The molecule has 7 nitrogen and oxygen atoms in total. The fraction of sp³-hybridized carbons (Fsp3) is 0.0833. The first-order valence-electron chi connectivity index (χ1n) is 5.54. The molecule has 1 heterocycles. The molecule has 98 valence electrons. The van der Waals surface area contributed by atoms with Gasteiger partial charge in [0.1, 0.15) is 12.1 Å². The Bertz CT molecular complexity index is 606. The Morgan fingerprint density at radius 1 is 1.26 bits per heavy atom. The number of primary amides is 1. The summed E-state index contributed by atoms with van der Waals surface area (Å²) < 4.78 is 1.04. The van der Waals surface area contributed by atoms with Crippen molar-refractivity contribution >= 4 is 17.8 Å². The van der Waals surface area contributed by atoms with Crippen molar-refractivity contribution in [3.8, 4) is 0 Å². The standard InChI is InChI=1S/C12H13N5O2/c13-10-9(11(14)18)16-7-17(10)12(19)15-6-8-4-2-1-3-5-8/h1-5,7H,6,13H2,(H2,14,18)(H,15,19). The number of anilines is 1. The summed E-state index contributed by atoms with van der Waals surface area (Å²) in [5.41, 5.74) is 11.5. The van der Waals surface area contributed by atoms with Gasteiger partial charge < -0.3 is 16.8 Å². The van der Waals surface area contributed by atoms with Crippen LogP contribution in [0.25, 0.3) is 0 Å². The molecular formula is C12H13N5O2. The van der Waals surface area contributed by atoms with Gasteiger partial charge in [0, 0.05) is 6.54 Å². The highest BCUT2D eigenvalue weighted by atomic mass is 16.2. The van der Waals surface area contributed by atoms with E-state index in [1.807, 2.05) is 30.3 Å². The van der Waals surface area contributed by atoms with Gasteiger partial charge in [-0.05, 0) is 5.56 Å². The van der Waals surface area contributed by atoms with Crippen LogP contribution < -0.4 is 16.8 Å². The van der Waals surface area contributed by atoms with Crippen LogP contribution in [0.5, 0.6) is 0 Å². The predicted molar refractivity (Wildman–Crippen MR) is 69.2 cm³/mol. The van der Waals surface area contributed by atoms with Crippen LogP contribution in [0.1, 0.15) is 16.1 Å². The quantitative estimate of drug-likeness (QED) is 0.736. The molecule has 5 N–H and O–H groups in total. The third-order valence-electron chi connectivity index (χ3n) is 2.54. The highest BCUT2D eigenvalue weighted by molar-refractivity contribution is 5.97. The van der Waals surface area contributed by atoms with Gasteiger partial charge in [-0.25, -0.2) is 14.3 Å². The van der Waals surface area contributed by atoms with Crippen molar-refractivity contribution in [3.05, 3.63) is 47.9 Å². The normalized spacial score (nSPS) is 10.1. The zero-order valence-electron chi connectivity index (χ0n) is 10.0. The monoisotopic (exact) mass is 259 g/mol. The maximum absolute atomic E-state index is 11.9. The summed E-state index contributed by atoms with van der Waals surface area (Å²) in [6, 6.07) is 8.93. The van der Waals surface area contributed by atoms with Gasteiger partial charge >= 0.3 is 6.03 Å². The molecule has 0 saturated heterocycles. The molecule has 0 aliphatic heterocycles. The van der Waals surface area contributed by atoms with Crippen molar-refractivity contribution in [2.45, 2.75) is 6.54 Å². The molecule has 2 rings (SSSR count). The van der Waals surface area contributed by atoms with Gasteiger partial charge in [0.2, 0.25) is 0 Å². The van der Waals surface area contributed by atoms with Crippen LogP contribution in [0.15, 0.2) is 36.7 Å². The fourth-order valence-electron chi connectivity index (χ4n) is 1.57. The number of carbonyl (C=O) groups is 2. The first-order valence-corrected chi connectivity index (χ1v) is 5.54. The molecule has 1 aromatic heterocycles. The molecule has 2 amide bonds. The average molecular weight is 259 g/mol. The smallest absolute Gasteiger partial charge is 0.328 e. The zero-order chi connectivity index (χ0) is 13.8. The van der Waals surface area contributed by atoms with Crippen LogP contribution in [0.4, 0.5) is 10.6 Å². The van der Waals surface area contributed by atoms with E-state index in [9.17, 15) is 9.59 Å². The minimum atomic E-state index is -0.771. The van der Waals surface area contributed by atoms with E-state index in [2.05, 4.69) is 10.3 Å². The number of carbonyl (C=O) groups excluding carboxylic acids is 2.